The number of carboxylic acid groups (broad SMARTS) is 1. The summed E-state index contributed by atoms with van der Waals surface area (Å²) < 4.78 is 5.08. The third-order valence-corrected chi connectivity index (χ3v) is 2.52. The normalized spacial score (nSPS) is 26.4. The summed E-state index contributed by atoms with van der Waals surface area (Å²) in [5, 5.41) is 20.1. The van der Waals surface area contributed by atoms with E-state index in [1.54, 1.807) is 6.92 Å². The molecule has 1 aliphatic rings. The van der Waals surface area contributed by atoms with Crippen molar-refractivity contribution in [3.05, 3.63) is 0 Å². The Morgan fingerprint density at radius 1 is 1.44 bits per heavy atom. The first kappa shape index (κ1) is 12.9. The maximum atomic E-state index is 11.5. The van der Waals surface area contributed by atoms with Crippen molar-refractivity contribution >= 4 is 11.9 Å². The van der Waals surface area contributed by atoms with Gasteiger partial charge in [-0.2, -0.15) is 0 Å². The molecule has 1 heterocycles. The lowest BCUT2D eigenvalue weighted by molar-refractivity contribution is -0.151. The second-order valence-corrected chi connectivity index (χ2v) is 4.06. The zero-order chi connectivity index (χ0) is 12.1. The number of nitrogens with one attached hydrogen (secondary N) is 1. The topological polar surface area (TPSA) is 95.9 Å². The van der Waals surface area contributed by atoms with Crippen LogP contribution in [0.4, 0.5) is 0 Å². The Balaban J connectivity index is 2.31. The number of carboxylic acids is 1. The number of aliphatic carboxylic acids is 1. The molecule has 0 saturated carbocycles. The molecule has 1 rings (SSSR count). The van der Waals surface area contributed by atoms with Crippen LogP contribution in [0.2, 0.25) is 0 Å². The van der Waals surface area contributed by atoms with Gasteiger partial charge in [0, 0.05) is 13.2 Å². The van der Waals surface area contributed by atoms with Crippen molar-refractivity contribution < 1.29 is 24.5 Å². The number of hydrogen-bond donors (Lipinski definition) is 3. The molecule has 0 aliphatic carbocycles. The third-order valence-electron chi connectivity index (χ3n) is 2.52. The van der Waals surface area contributed by atoms with Crippen LogP contribution >= 0.6 is 0 Å². The lowest BCUT2D eigenvalue weighted by atomic mass is 10.1. The van der Waals surface area contributed by atoms with Crippen molar-refractivity contribution in [2.45, 2.75) is 32.0 Å². The lowest BCUT2D eigenvalue weighted by Gasteiger charge is -2.13. The van der Waals surface area contributed by atoms with Gasteiger partial charge in [0.1, 0.15) is 6.10 Å². The van der Waals surface area contributed by atoms with Crippen LogP contribution < -0.4 is 5.32 Å². The van der Waals surface area contributed by atoms with Crippen molar-refractivity contribution in [3.63, 3.8) is 0 Å². The molecule has 92 valence electrons. The van der Waals surface area contributed by atoms with Gasteiger partial charge in [0.2, 0.25) is 5.91 Å². The molecule has 0 bridgehead atoms. The van der Waals surface area contributed by atoms with Gasteiger partial charge in [-0.15, -0.1) is 0 Å². The molecule has 6 nitrogen and oxygen atoms in total. The number of carbonyl (C=O) groups is 2. The Labute approximate surface area is 93.6 Å². The van der Waals surface area contributed by atoms with Crippen LogP contribution in [0.5, 0.6) is 0 Å². The highest BCUT2D eigenvalue weighted by atomic mass is 16.5. The molecule has 3 atom stereocenters. The number of aliphatic hydroxyl groups excluding tert-OH is 1. The minimum absolute atomic E-state index is 0.00353. The van der Waals surface area contributed by atoms with Gasteiger partial charge in [-0.1, -0.05) is 6.92 Å². The van der Waals surface area contributed by atoms with E-state index in [1.165, 1.54) is 0 Å². The molecule has 3 unspecified atom stereocenters. The molecule has 6 heteroatoms. The predicted octanol–water partition coefficient (Wildman–Crippen LogP) is -0.637. The van der Waals surface area contributed by atoms with E-state index in [-0.39, 0.29) is 18.4 Å². The largest absolute Gasteiger partial charge is 0.479 e. The quantitative estimate of drug-likeness (QED) is 0.585. The van der Waals surface area contributed by atoms with E-state index in [0.717, 1.165) is 0 Å². The summed E-state index contributed by atoms with van der Waals surface area (Å²) in [6, 6.07) is 0. The molecule has 0 aromatic heterocycles. The molecule has 1 saturated heterocycles. The molecular weight excluding hydrogens is 214 g/mol. The number of carbonyl (C=O) groups excluding carboxylic acids is 1. The maximum Gasteiger partial charge on any atom is 0.332 e. The van der Waals surface area contributed by atoms with Crippen LogP contribution in [-0.4, -0.2) is 47.4 Å². The van der Waals surface area contributed by atoms with Crippen molar-refractivity contribution in [2.75, 3.05) is 13.2 Å². The summed E-state index contributed by atoms with van der Waals surface area (Å²) in [6.45, 7) is 2.17. The van der Waals surface area contributed by atoms with Gasteiger partial charge in [0.15, 0.2) is 6.10 Å². The molecule has 0 spiro atoms. The monoisotopic (exact) mass is 231 g/mol. The van der Waals surface area contributed by atoms with Crippen molar-refractivity contribution in [1.82, 2.24) is 5.32 Å². The second-order valence-electron chi connectivity index (χ2n) is 4.06. The molecule has 1 fully saturated rings. The van der Waals surface area contributed by atoms with Crippen LogP contribution in [-0.2, 0) is 14.3 Å². The number of amides is 1. The Bertz CT molecular complexity index is 268. The lowest BCUT2D eigenvalue weighted by Crippen LogP contribution is -2.38. The van der Waals surface area contributed by atoms with Crippen molar-refractivity contribution in [1.29, 1.82) is 0 Å². The molecule has 1 amide bonds. The highest BCUT2D eigenvalue weighted by Gasteiger charge is 2.34. The van der Waals surface area contributed by atoms with E-state index in [1.807, 2.05) is 0 Å². The van der Waals surface area contributed by atoms with Crippen LogP contribution in [0.3, 0.4) is 0 Å². The SMILES string of the molecule is CC(CO)CNC(=O)C1CCC(C(=O)O)O1. The van der Waals surface area contributed by atoms with E-state index in [4.69, 9.17) is 14.9 Å². The van der Waals surface area contributed by atoms with Crippen LogP contribution in [0.15, 0.2) is 0 Å². The Morgan fingerprint density at radius 3 is 2.56 bits per heavy atom. The highest BCUT2D eigenvalue weighted by Crippen LogP contribution is 2.19. The average molecular weight is 231 g/mol. The Hall–Kier alpha value is -1.14. The van der Waals surface area contributed by atoms with Gasteiger partial charge in [0.05, 0.1) is 0 Å². The van der Waals surface area contributed by atoms with Crippen molar-refractivity contribution in [3.8, 4) is 0 Å². The fraction of sp³-hybridized carbons (Fsp3) is 0.800. The first-order valence-electron chi connectivity index (χ1n) is 5.31. The Morgan fingerprint density at radius 2 is 2.06 bits per heavy atom. The molecule has 16 heavy (non-hydrogen) atoms. The van der Waals surface area contributed by atoms with Gasteiger partial charge < -0.3 is 20.3 Å². The third kappa shape index (κ3) is 3.46. The average Bonchev–Trinajstić information content (AvgIpc) is 2.74. The molecular formula is C10H17NO5. The number of aliphatic hydroxyl groups is 1. The van der Waals surface area contributed by atoms with E-state index >= 15 is 0 Å². The van der Waals surface area contributed by atoms with Gasteiger partial charge in [-0.3, -0.25) is 4.79 Å². The summed E-state index contributed by atoms with van der Waals surface area (Å²) in [4.78, 5) is 22.1. The van der Waals surface area contributed by atoms with Gasteiger partial charge >= 0.3 is 5.97 Å². The summed E-state index contributed by atoms with van der Waals surface area (Å²) >= 11 is 0. The number of ether oxygens (including phenoxy) is 1. The zero-order valence-corrected chi connectivity index (χ0v) is 9.18. The molecule has 1 aliphatic heterocycles. The summed E-state index contributed by atoms with van der Waals surface area (Å²) in [5.41, 5.74) is 0. The highest BCUT2D eigenvalue weighted by molar-refractivity contribution is 5.82. The molecule has 0 radical (unpaired) electrons. The smallest absolute Gasteiger partial charge is 0.332 e. The number of hydrogen-bond acceptors (Lipinski definition) is 4. The molecule has 3 N–H and O–H groups in total. The minimum Gasteiger partial charge on any atom is -0.479 e. The molecule has 0 aromatic rings. The van der Waals surface area contributed by atoms with Gasteiger partial charge in [-0.25, -0.2) is 4.79 Å². The zero-order valence-electron chi connectivity index (χ0n) is 9.18. The first-order chi connectivity index (χ1) is 7.54. The van der Waals surface area contributed by atoms with E-state index in [9.17, 15) is 9.59 Å². The van der Waals surface area contributed by atoms with E-state index in [2.05, 4.69) is 5.32 Å². The summed E-state index contributed by atoms with van der Waals surface area (Å²) in [7, 11) is 0. The van der Waals surface area contributed by atoms with Crippen LogP contribution in [0, 0.1) is 5.92 Å². The maximum absolute atomic E-state index is 11.5. The van der Waals surface area contributed by atoms with Gasteiger partial charge in [0.25, 0.3) is 0 Å². The van der Waals surface area contributed by atoms with E-state index < -0.39 is 18.2 Å². The fourth-order valence-electron chi connectivity index (χ4n) is 1.46. The van der Waals surface area contributed by atoms with Gasteiger partial charge in [-0.05, 0) is 18.8 Å². The second kappa shape index (κ2) is 5.81. The number of rotatable bonds is 5. The first-order valence-corrected chi connectivity index (χ1v) is 5.31. The molecule has 0 aromatic carbocycles. The van der Waals surface area contributed by atoms with Crippen LogP contribution in [0.1, 0.15) is 19.8 Å². The standard InChI is InChI=1S/C10H17NO5/c1-6(5-12)4-11-9(13)7-2-3-8(16-7)10(14)15/h6-8,12H,2-5H2,1H3,(H,11,13)(H,14,15). The van der Waals surface area contributed by atoms with E-state index in [0.29, 0.717) is 19.4 Å². The summed E-state index contributed by atoms with van der Waals surface area (Å²) in [5.74, 6) is -1.34. The minimum atomic E-state index is -1.03. The van der Waals surface area contributed by atoms with Crippen LogP contribution in [0.25, 0.3) is 0 Å². The predicted molar refractivity (Wildman–Crippen MR) is 54.8 cm³/mol. The van der Waals surface area contributed by atoms with Crippen molar-refractivity contribution in [2.24, 2.45) is 5.92 Å². The fourth-order valence-corrected chi connectivity index (χ4v) is 1.46. The Kier molecular flexibility index (Phi) is 4.70. The summed E-state index contributed by atoms with van der Waals surface area (Å²) in [6.07, 6.45) is -0.753.